The first kappa shape index (κ1) is 10.0. The number of hydrogen-bond acceptors (Lipinski definition) is 1. The smallest absolute Gasteiger partial charge is 0.00924 e. The Bertz CT molecular complexity index is 118. The molecule has 0 aromatic carbocycles. The fourth-order valence-electron chi connectivity index (χ4n) is 2.54. The van der Waals surface area contributed by atoms with Gasteiger partial charge in [-0.25, -0.2) is 0 Å². The highest BCUT2D eigenvalue weighted by molar-refractivity contribution is 4.83. The maximum absolute atomic E-state index is 2.57. The molecule has 3 aliphatic rings. The Morgan fingerprint density at radius 3 is 2.42 bits per heavy atom. The van der Waals surface area contributed by atoms with Crippen LogP contribution in [0.25, 0.3) is 0 Å². The molecular weight excluding hydrogens is 146 g/mol. The summed E-state index contributed by atoms with van der Waals surface area (Å²) in [5, 5.41) is 0. The number of rotatable bonds is 0. The number of hydrogen-bond donors (Lipinski definition) is 0. The zero-order chi connectivity index (χ0) is 8.97. The number of fused-ring (bicyclic) bond motifs is 4. The minimum atomic E-state index is 0.943. The molecule has 0 N–H and O–H groups in total. The van der Waals surface area contributed by atoms with Crippen molar-refractivity contribution in [1.82, 2.24) is 4.90 Å². The van der Waals surface area contributed by atoms with Crippen molar-refractivity contribution in [1.29, 1.82) is 0 Å². The molecule has 12 heavy (non-hydrogen) atoms. The van der Waals surface area contributed by atoms with Crippen LogP contribution >= 0.6 is 0 Å². The Morgan fingerprint density at radius 1 is 1.00 bits per heavy atom. The van der Waals surface area contributed by atoms with Gasteiger partial charge in [0.1, 0.15) is 0 Å². The molecule has 72 valence electrons. The summed E-state index contributed by atoms with van der Waals surface area (Å²) in [4.78, 5) is 2.57. The van der Waals surface area contributed by atoms with Crippen molar-refractivity contribution in [2.75, 3.05) is 13.6 Å². The molecule has 2 aliphatic heterocycles. The van der Waals surface area contributed by atoms with E-state index in [1.54, 1.807) is 0 Å². The van der Waals surface area contributed by atoms with E-state index in [9.17, 15) is 0 Å². The van der Waals surface area contributed by atoms with E-state index < -0.39 is 0 Å². The lowest BCUT2D eigenvalue weighted by Crippen LogP contribution is -2.37. The Morgan fingerprint density at radius 2 is 1.75 bits per heavy atom. The first-order valence-electron chi connectivity index (χ1n) is 5.56. The van der Waals surface area contributed by atoms with Crippen molar-refractivity contribution in [3.05, 3.63) is 0 Å². The van der Waals surface area contributed by atoms with Crippen molar-refractivity contribution in [3.8, 4) is 0 Å². The van der Waals surface area contributed by atoms with Gasteiger partial charge in [0.2, 0.25) is 0 Å². The summed E-state index contributed by atoms with van der Waals surface area (Å²) in [5.74, 6) is 1.05. The number of piperidine rings is 1. The molecule has 2 atom stereocenters. The van der Waals surface area contributed by atoms with Crippen LogP contribution in [0.15, 0.2) is 0 Å². The summed E-state index contributed by atoms with van der Waals surface area (Å²) in [6.07, 6.45) is 7.43. The van der Waals surface area contributed by atoms with Crippen molar-refractivity contribution in [3.63, 3.8) is 0 Å². The van der Waals surface area contributed by atoms with Crippen molar-refractivity contribution < 1.29 is 0 Å². The molecule has 3 rings (SSSR count). The highest BCUT2D eigenvalue weighted by atomic mass is 15.1. The third kappa shape index (κ3) is 2.22. The lowest BCUT2D eigenvalue weighted by Gasteiger charge is -2.33. The minimum Gasteiger partial charge on any atom is -0.303 e. The van der Waals surface area contributed by atoms with Gasteiger partial charge < -0.3 is 4.90 Å². The van der Waals surface area contributed by atoms with Crippen LogP contribution in [0, 0.1) is 5.92 Å². The Balaban J connectivity index is 0.000000336. The zero-order valence-corrected chi connectivity index (χ0v) is 8.84. The molecule has 1 nitrogen and oxygen atoms in total. The standard InChI is InChI=1S/C9H17N.C2H6/c1-10-7-8-3-2-4-9(10)6-5-8;1-2/h8-9H,2-7H2,1H3;1-2H3. The van der Waals surface area contributed by atoms with Gasteiger partial charge in [-0.1, -0.05) is 20.3 Å². The minimum absolute atomic E-state index is 0.943. The second-order valence-electron chi connectivity index (χ2n) is 3.97. The highest BCUT2D eigenvalue weighted by Crippen LogP contribution is 2.31. The van der Waals surface area contributed by atoms with Gasteiger partial charge in [0, 0.05) is 12.6 Å². The summed E-state index contributed by atoms with van der Waals surface area (Å²) in [5.41, 5.74) is 0. The molecule has 2 heterocycles. The van der Waals surface area contributed by atoms with Crippen LogP contribution in [0.4, 0.5) is 0 Å². The average molecular weight is 169 g/mol. The van der Waals surface area contributed by atoms with Gasteiger partial charge in [0.15, 0.2) is 0 Å². The van der Waals surface area contributed by atoms with Gasteiger partial charge in [-0.05, 0) is 38.6 Å². The highest BCUT2D eigenvalue weighted by Gasteiger charge is 2.28. The van der Waals surface area contributed by atoms with Crippen LogP contribution in [0.5, 0.6) is 0 Å². The SMILES string of the molecule is CC.CN1CC2CCCC1CC2. The van der Waals surface area contributed by atoms with Crippen LogP contribution in [0.3, 0.4) is 0 Å². The zero-order valence-electron chi connectivity index (χ0n) is 8.84. The van der Waals surface area contributed by atoms with Crippen LogP contribution in [0.1, 0.15) is 46.0 Å². The largest absolute Gasteiger partial charge is 0.303 e. The molecule has 0 radical (unpaired) electrons. The van der Waals surface area contributed by atoms with E-state index in [1.807, 2.05) is 13.8 Å². The van der Waals surface area contributed by atoms with E-state index in [1.165, 1.54) is 38.6 Å². The maximum Gasteiger partial charge on any atom is 0.00924 e. The topological polar surface area (TPSA) is 3.24 Å². The summed E-state index contributed by atoms with van der Waals surface area (Å²) in [7, 11) is 2.29. The fraction of sp³-hybridized carbons (Fsp3) is 1.00. The molecule has 2 bridgehead atoms. The Labute approximate surface area is 77.1 Å². The van der Waals surface area contributed by atoms with E-state index >= 15 is 0 Å². The van der Waals surface area contributed by atoms with Crippen LogP contribution in [0.2, 0.25) is 0 Å². The normalized spacial score (nSPS) is 35.2. The van der Waals surface area contributed by atoms with E-state index in [0.717, 1.165) is 12.0 Å². The molecule has 3 fully saturated rings. The maximum atomic E-state index is 2.57. The molecule has 0 amide bonds. The van der Waals surface area contributed by atoms with Gasteiger partial charge in [0.05, 0.1) is 0 Å². The molecule has 1 saturated carbocycles. The molecule has 2 unspecified atom stereocenters. The van der Waals surface area contributed by atoms with Crippen molar-refractivity contribution in [2.45, 2.75) is 52.0 Å². The van der Waals surface area contributed by atoms with E-state index in [0.29, 0.717) is 0 Å². The van der Waals surface area contributed by atoms with Gasteiger partial charge in [0.25, 0.3) is 0 Å². The Hall–Kier alpha value is -0.0400. The third-order valence-electron chi connectivity index (χ3n) is 3.23. The van der Waals surface area contributed by atoms with Crippen LogP contribution in [-0.2, 0) is 0 Å². The molecular formula is C11H23N. The summed E-state index contributed by atoms with van der Waals surface area (Å²) in [6, 6.07) is 0.943. The lowest BCUT2D eigenvalue weighted by atomic mass is 9.95. The van der Waals surface area contributed by atoms with Crippen molar-refractivity contribution in [2.24, 2.45) is 5.92 Å². The van der Waals surface area contributed by atoms with Gasteiger partial charge in [-0.2, -0.15) is 0 Å². The molecule has 0 aromatic rings. The second kappa shape index (κ2) is 4.86. The first-order valence-corrected chi connectivity index (χ1v) is 5.56. The fourth-order valence-corrected chi connectivity index (χ4v) is 2.54. The number of nitrogens with zero attached hydrogens (tertiary/aromatic N) is 1. The molecule has 0 aromatic heterocycles. The van der Waals surface area contributed by atoms with Gasteiger partial charge >= 0.3 is 0 Å². The average Bonchev–Trinajstić information content (AvgIpc) is 2.42. The van der Waals surface area contributed by atoms with Crippen molar-refractivity contribution >= 4 is 0 Å². The molecule has 2 saturated heterocycles. The van der Waals surface area contributed by atoms with Crippen LogP contribution < -0.4 is 0 Å². The Kier molecular flexibility index (Phi) is 4.07. The van der Waals surface area contributed by atoms with E-state index in [2.05, 4.69) is 11.9 Å². The predicted octanol–water partition coefficient (Wildman–Crippen LogP) is 2.91. The summed E-state index contributed by atoms with van der Waals surface area (Å²) >= 11 is 0. The molecule has 0 spiro atoms. The van der Waals surface area contributed by atoms with Crippen LogP contribution in [-0.4, -0.2) is 24.5 Å². The van der Waals surface area contributed by atoms with Gasteiger partial charge in [-0.3, -0.25) is 0 Å². The molecule has 1 aliphatic carbocycles. The quantitative estimate of drug-likeness (QED) is 0.539. The summed E-state index contributed by atoms with van der Waals surface area (Å²) < 4.78 is 0. The monoisotopic (exact) mass is 169 g/mol. The first-order chi connectivity index (χ1) is 5.86. The van der Waals surface area contributed by atoms with Gasteiger partial charge in [-0.15, -0.1) is 0 Å². The molecule has 1 heteroatoms. The van der Waals surface area contributed by atoms with E-state index in [4.69, 9.17) is 0 Å². The van der Waals surface area contributed by atoms with E-state index in [-0.39, 0.29) is 0 Å². The third-order valence-corrected chi connectivity index (χ3v) is 3.23. The predicted molar refractivity (Wildman–Crippen MR) is 54.3 cm³/mol. The summed E-state index contributed by atoms with van der Waals surface area (Å²) in [6.45, 7) is 5.38. The second-order valence-corrected chi connectivity index (χ2v) is 3.97. The lowest BCUT2D eigenvalue weighted by molar-refractivity contribution is 0.157.